The number of nitrogens with one attached hydrogen (secondary N) is 1. The number of rotatable bonds is 3. The van der Waals surface area contributed by atoms with Crippen LogP contribution in [0.3, 0.4) is 0 Å². The third kappa shape index (κ3) is 3.67. The zero-order valence-electron chi connectivity index (χ0n) is 11.8. The van der Waals surface area contributed by atoms with E-state index in [1.54, 1.807) is 0 Å². The molecule has 3 heteroatoms. The van der Waals surface area contributed by atoms with Gasteiger partial charge in [0.1, 0.15) is 6.23 Å². The lowest BCUT2D eigenvalue weighted by molar-refractivity contribution is 0.0590. The van der Waals surface area contributed by atoms with Crippen molar-refractivity contribution >= 4 is 0 Å². The Morgan fingerprint density at radius 1 is 1.29 bits per heavy atom. The fourth-order valence-electron chi connectivity index (χ4n) is 2.96. The van der Waals surface area contributed by atoms with E-state index < -0.39 is 0 Å². The fourth-order valence-corrected chi connectivity index (χ4v) is 2.96. The molecule has 2 saturated heterocycles. The van der Waals surface area contributed by atoms with Crippen LogP contribution in [0.5, 0.6) is 0 Å². The summed E-state index contributed by atoms with van der Waals surface area (Å²) in [6, 6.07) is 0.704. The Kier molecular flexibility index (Phi) is 4.11. The lowest BCUT2D eigenvalue weighted by Gasteiger charge is -2.35. The largest absolute Gasteiger partial charge is 0.361 e. The van der Waals surface area contributed by atoms with Crippen LogP contribution in [-0.2, 0) is 4.74 Å². The normalized spacial score (nSPS) is 31.2. The number of hydrogen-bond acceptors (Lipinski definition) is 3. The molecule has 0 amide bonds. The first kappa shape index (κ1) is 13.3. The smallest absolute Gasteiger partial charge is 0.108 e. The third-order valence-electron chi connectivity index (χ3n) is 4.12. The maximum Gasteiger partial charge on any atom is 0.108 e. The van der Waals surface area contributed by atoms with E-state index in [9.17, 15) is 0 Å². The molecule has 0 radical (unpaired) electrons. The van der Waals surface area contributed by atoms with Gasteiger partial charge in [-0.25, -0.2) is 0 Å². The lowest BCUT2D eigenvalue weighted by Crippen LogP contribution is -2.42. The highest BCUT2D eigenvalue weighted by atomic mass is 16.5. The first-order chi connectivity index (χ1) is 7.96. The maximum absolute atomic E-state index is 5.82. The summed E-state index contributed by atoms with van der Waals surface area (Å²) in [5.41, 5.74) is 0.170. The number of likely N-dealkylation sites (tertiary alicyclic amines) is 1. The Morgan fingerprint density at radius 3 is 2.41 bits per heavy atom. The predicted octanol–water partition coefficient (Wildman–Crippen LogP) is 2.22. The molecule has 2 fully saturated rings. The van der Waals surface area contributed by atoms with Gasteiger partial charge in [0, 0.05) is 11.6 Å². The van der Waals surface area contributed by atoms with Gasteiger partial charge >= 0.3 is 0 Å². The van der Waals surface area contributed by atoms with Gasteiger partial charge in [-0.15, -0.1) is 0 Å². The summed E-state index contributed by atoms with van der Waals surface area (Å²) in [6.45, 7) is 12.4. The van der Waals surface area contributed by atoms with Crippen LogP contribution in [0.4, 0.5) is 0 Å². The van der Waals surface area contributed by atoms with Crippen molar-refractivity contribution in [2.45, 2.75) is 64.8 Å². The minimum atomic E-state index is 0.170. The third-order valence-corrected chi connectivity index (χ3v) is 4.12. The highest BCUT2D eigenvalue weighted by Crippen LogP contribution is 2.26. The van der Waals surface area contributed by atoms with Gasteiger partial charge in [-0.3, -0.25) is 5.32 Å². The van der Waals surface area contributed by atoms with Gasteiger partial charge < -0.3 is 9.64 Å². The van der Waals surface area contributed by atoms with Crippen LogP contribution in [0.2, 0.25) is 0 Å². The standard InChI is InChI=1S/C14H28N2O/c1-11(2)16-7-5-12(6-8-16)9-13-15-14(3,4)10-17-13/h11-13,15H,5-10H2,1-4H3. The Hall–Kier alpha value is -0.120. The number of nitrogens with zero attached hydrogens (tertiary/aromatic N) is 1. The molecule has 3 nitrogen and oxygen atoms in total. The van der Waals surface area contributed by atoms with E-state index in [1.807, 2.05) is 0 Å². The number of hydrogen-bond donors (Lipinski definition) is 1. The summed E-state index contributed by atoms with van der Waals surface area (Å²) >= 11 is 0. The van der Waals surface area contributed by atoms with Crippen molar-refractivity contribution in [3.05, 3.63) is 0 Å². The molecule has 2 aliphatic heterocycles. The minimum Gasteiger partial charge on any atom is -0.361 e. The highest BCUT2D eigenvalue weighted by molar-refractivity contribution is 4.86. The number of ether oxygens (including phenoxy) is 1. The van der Waals surface area contributed by atoms with Crippen LogP contribution >= 0.6 is 0 Å². The molecule has 0 spiro atoms. The van der Waals surface area contributed by atoms with Gasteiger partial charge in [0.2, 0.25) is 0 Å². The maximum atomic E-state index is 5.82. The summed E-state index contributed by atoms with van der Waals surface area (Å²) in [5, 5.41) is 3.58. The van der Waals surface area contributed by atoms with Crippen molar-refractivity contribution in [2.24, 2.45) is 5.92 Å². The average Bonchev–Trinajstić information content (AvgIpc) is 2.59. The monoisotopic (exact) mass is 240 g/mol. The van der Waals surface area contributed by atoms with E-state index in [-0.39, 0.29) is 5.54 Å². The molecule has 0 aromatic rings. The summed E-state index contributed by atoms with van der Waals surface area (Å²) in [4.78, 5) is 2.59. The zero-order chi connectivity index (χ0) is 12.5. The second-order valence-electron chi connectivity index (χ2n) is 6.64. The molecule has 0 bridgehead atoms. The molecule has 1 atom stereocenters. The molecule has 0 aliphatic carbocycles. The number of piperidine rings is 1. The molecular weight excluding hydrogens is 212 g/mol. The average molecular weight is 240 g/mol. The highest BCUT2D eigenvalue weighted by Gasteiger charge is 2.33. The molecule has 2 heterocycles. The van der Waals surface area contributed by atoms with Gasteiger partial charge in [0.05, 0.1) is 6.61 Å². The predicted molar refractivity (Wildman–Crippen MR) is 71.0 cm³/mol. The quantitative estimate of drug-likeness (QED) is 0.818. The van der Waals surface area contributed by atoms with E-state index in [0.717, 1.165) is 12.5 Å². The molecule has 17 heavy (non-hydrogen) atoms. The Balaban J connectivity index is 1.72. The summed E-state index contributed by atoms with van der Waals surface area (Å²) in [5.74, 6) is 0.844. The molecule has 1 N–H and O–H groups in total. The van der Waals surface area contributed by atoms with E-state index in [2.05, 4.69) is 37.9 Å². The Bertz CT molecular complexity index is 245. The van der Waals surface area contributed by atoms with Crippen molar-refractivity contribution in [3.8, 4) is 0 Å². The van der Waals surface area contributed by atoms with E-state index in [0.29, 0.717) is 12.3 Å². The summed E-state index contributed by atoms with van der Waals surface area (Å²) < 4.78 is 5.82. The van der Waals surface area contributed by atoms with Crippen LogP contribution in [-0.4, -0.2) is 42.4 Å². The first-order valence-electron chi connectivity index (χ1n) is 7.09. The second kappa shape index (κ2) is 5.25. The van der Waals surface area contributed by atoms with Gasteiger partial charge in [0.25, 0.3) is 0 Å². The molecule has 100 valence electrons. The van der Waals surface area contributed by atoms with E-state index in [4.69, 9.17) is 4.74 Å². The van der Waals surface area contributed by atoms with Crippen molar-refractivity contribution in [1.29, 1.82) is 0 Å². The molecule has 0 saturated carbocycles. The minimum absolute atomic E-state index is 0.170. The van der Waals surface area contributed by atoms with E-state index >= 15 is 0 Å². The van der Waals surface area contributed by atoms with Crippen molar-refractivity contribution in [1.82, 2.24) is 10.2 Å². The Morgan fingerprint density at radius 2 is 1.94 bits per heavy atom. The first-order valence-corrected chi connectivity index (χ1v) is 7.09. The van der Waals surface area contributed by atoms with Crippen molar-refractivity contribution in [2.75, 3.05) is 19.7 Å². The Labute approximate surface area is 106 Å². The van der Waals surface area contributed by atoms with E-state index in [1.165, 1.54) is 32.4 Å². The van der Waals surface area contributed by atoms with Gasteiger partial charge in [-0.2, -0.15) is 0 Å². The van der Waals surface area contributed by atoms with Gasteiger partial charge in [-0.05, 0) is 66.0 Å². The van der Waals surface area contributed by atoms with Crippen LogP contribution in [0, 0.1) is 5.92 Å². The molecule has 2 rings (SSSR count). The van der Waals surface area contributed by atoms with Gasteiger partial charge in [-0.1, -0.05) is 0 Å². The lowest BCUT2D eigenvalue weighted by atomic mass is 9.92. The van der Waals surface area contributed by atoms with Crippen molar-refractivity contribution in [3.63, 3.8) is 0 Å². The molecular formula is C14H28N2O. The molecule has 0 aromatic carbocycles. The summed E-state index contributed by atoms with van der Waals surface area (Å²) in [6.07, 6.45) is 4.15. The zero-order valence-corrected chi connectivity index (χ0v) is 11.8. The van der Waals surface area contributed by atoms with Crippen LogP contribution in [0.15, 0.2) is 0 Å². The van der Waals surface area contributed by atoms with Crippen LogP contribution < -0.4 is 5.32 Å². The van der Waals surface area contributed by atoms with Gasteiger partial charge in [0.15, 0.2) is 0 Å². The second-order valence-corrected chi connectivity index (χ2v) is 6.64. The van der Waals surface area contributed by atoms with Crippen molar-refractivity contribution < 1.29 is 4.74 Å². The van der Waals surface area contributed by atoms with Crippen LogP contribution in [0.25, 0.3) is 0 Å². The van der Waals surface area contributed by atoms with Crippen LogP contribution in [0.1, 0.15) is 47.0 Å². The fraction of sp³-hybridized carbons (Fsp3) is 1.00. The summed E-state index contributed by atoms with van der Waals surface area (Å²) in [7, 11) is 0. The molecule has 2 aliphatic rings. The molecule has 1 unspecified atom stereocenters. The topological polar surface area (TPSA) is 24.5 Å². The SMILES string of the molecule is CC(C)N1CCC(CC2NC(C)(C)CO2)CC1. The molecule has 0 aromatic heterocycles.